The van der Waals surface area contributed by atoms with E-state index in [4.69, 9.17) is 4.74 Å². The molecule has 0 saturated heterocycles. The minimum absolute atomic E-state index is 0.107. The van der Waals surface area contributed by atoms with Gasteiger partial charge < -0.3 is 10.1 Å². The van der Waals surface area contributed by atoms with Crippen LogP contribution in [-0.4, -0.2) is 28.5 Å². The number of nitrogens with zero attached hydrogens (tertiary/aromatic N) is 2. The van der Waals surface area contributed by atoms with Crippen LogP contribution in [0.4, 0.5) is 18.9 Å². The molecule has 1 aromatic carbocycles. The number of amides is 1. The summed E-state index contributed by atoms with van der Waals surface area (Å²) in [7, 11) is 0. The summed E-state index contributed by atoms with van der Waals surface area (Å²) >= 11 is 0. The van der Waals surface area contributed by atoms with Crippen molar-refractivity contribution in [3.8, 4) is 0 Å². The van der Waals surface area contributed by atoms with Crippen LogP contribution in [0.2, 0.25) is 0 Å². The van der Waals surface area contributed by atoms with Crippen LogP contribution in [0.1, 0.15) is 21.7 Å². The second-order valence-corrected chi connectivity index (χ2v) is 4.71. The molecule has 9 heteroatoms. The van der Waals surface area contributed by atoms with Crippen LogP contribution in [0.5, 0.6) is 0 Å². The maximum atomic E-state index is 12.8. The Hall–Kier alpha value is -2.97. The van der Waals surface area contributed by atoms with Gasteiger partial charge in [0.25, 0.3) is 5.91 Å². The van der Waals surface area contributed by atoms with Gasteiger partial charge in [0.1, 0.15) is 0 Å². The molecule has 2 rings (SSSR count). The monoisotopic (exact) mass is 339 g/mol. The predicted octanol–water partition coefficient (Wildman–Crippen LogP) is 2.60. The molecule has 1 heterocycles. The molecular weight excluding hydrogens is 327 g/mol. The van der Waals surface area contributed by atoms with Gasteiger partial charge in [0.05, 0.1) is 23.1 Å². The van der Waals surface area contributed by atoms with Crippen LogP contribution in [0.15, 0.2) is 36.7 Å². The fraction of sp³-hybridized carbons (Fsp3) is 0.200. The lowest BCUT2D eigenvalue weighted by Gasteiger charge is -2.13. The summed E-state index contributed by atoms with van der Waals surface area (Å²) in [5.41, 5.74) is -0.924. The first kappa shape index (κ1) is 17.4. The van der Waals surface area contributed by atoms with Gasteiger partial charge in [0, 0.05) is 6.20 Å². The zero-order valence-electron chi connectivity index (χ0n) is 12.4. The number of benzene rings is 1. The molecule has 0 spiro atoms. The van der Waals surface area contributed by atoms with Crippen molar-refractivity contribution >= 4 is 17.6 Å². The van der Waals surface area contributed by atoms with Gasteiger partial charge in [-0.15, -0.1) is 0 Å². The molecule has 0 atom stereocenters. The average molecular weight is 339 g/mol. The first-order valence-electron chi connectivity index (χ1n) is 6.69. The number of esters is 1. The summed E-state index contributed by atoms with van der Waals surface area (Å²) in [6.07, 6.45) is -2.09. The lowest BCUT2D eigenvalue weighted by atomic mass is 10.1. The van der Waals surface area contributed by atoms with E-state index in [1.54, 1.807) is 6.92 Å². The Morgan fingerprint density at radius 3 is 2.50 bits per heavy atom. The van der Waals surface area contributed by atoms with Crippen molar-refractivity contribution in [2.45, 2.75) is 13.1 Å². The van der Waals surface area contributed by atoms with E-state index < -0.39 is 35.9 Å². The molecule has 1 N–H and O–H groups in total. The van der Waals surface area contributed by atoms with Crippen LogP contribution in [0.3, 0.4) is 0 Å². The molecule has 0 aliphatic heterocycles. The Morgan fingerprint density at radius 1 is 1.17 bits per heavy atom. The van der Waals surface area contributed by atoms with Crippen molar-refractivity contribution in [1.29, 1.82) is 0 Å². The number of nitrogens with one attached hydrogen (secondary N) is 1. The molecule has 0 radical (unpaired) electrons. The molecule has 1 aromatic heterocycles. The van der Waals surface area contributed by atoms with Crippen LogP contribution >= 0.6 is 0 Å². The number of halogens is 3. The van der Waals surface area contributed by atoms with E-state index in [-0.39, 0.29) is 5.69 Å². The number of carbonyl (C=O) groups is 2. The maximum Gasteiger partial charge on any atom is 0.418 e. The van der Waals surface area contributed by atoms with Crippen molar-refractivity contribution in [3.63, 3.8) is 0 Å². The second-order valence-electron chi connectivity index (χ2n) is 4.71. The molecule has 0 saturated carbocycles. The highest BCUT2D eigenvalue weighted by atomic mass is 19.4. The first-order chi connectivity index (χ1) is 11.3. The van der Waals surface area contributed by atoms with E-state index in [0.29, 0.717) is 5.69 Å². The summed E-state index contributed by atoms with van der Waals surface area (Å²) in [6, 6.07) is 4.49. The van der Waals surface area contributed by atoms with Gasteiger partial charge in [0.2, 0.25) is 0 Å². The molecule has 126 valence electrons. The largest absolute Gasteiger partial charge is 0.451 e. The van der Waals surface area contributed by atoms with E-state index in [2.05, 4.69) is 15.3 Å². The van der Waals surface area contributed by atoms with Crippen molar-refractivity contribution < 1.29 is 27.5 Å². The number of aromatic nitrogens is 2. The lowest BCUT2D eigenvalue weighted by Crippen LogP contribution is -2.23. The highest BCUT2D eigenvalue weighted by molar-refractivity contribution is 5.95. The highest BCUT2D eigenvalue weighted by Gasteiger charge is 2.33. The van der Waals surface area contributed by atoms with E-state index in [9.17, 15) is 22.8 Å². The molecule has 6 nitrogen and oxygen atoms in total. The third-order valence-corrected chi connectivity index (χ3v) is 2.83. The second kappa shape index (κ2) is 7.07. The number of alkyl halides is 3. The molecule has 0 aliphatic carbocycles. The third-order valence-electron chi connectivity index (χ3n) is 2.83. The standard InChI is InChI=1S/C15H12F3N3O3/c1-9-6-20-12(7-19-9)14(23)24-8-13(22)21-11-5-3-2-4-10(11)15(16,17)18/h2-7H,8H2,1H3,(H,21,22). The number of aryl methyl sites for hydroxylation is 1. The van der Waals surface area contributed by atoms with E-state index in [0.717, 1.165) is 12.1 Å². The minimum atomic E-state index is -4.61. The Bertz CT molecular complexity index is 746. The Kier molecular flexibility index (Phi) is 5.12. The van der Waals surface area contributed by atoms with Crippen LogP contribution < -0.4 is 5.32 Å². The smallest absolute Gasteiger partial charge is 0.418 e. The van der Waals surface area contributed by atoms with Gasteiger partial charge in [-0.2, -0.15) is 13.2 Å². The average Bonchev–Trinajstić information content (AvgIpc) is 2.53. The molecule has 0 fully saturated rings. The van der Waals surface area contributed by atoms with Gasteiger partial charge in [0.15, 0.2) is 12.3 Å². The Balaban J connectivity index is 1.97. The first-order valence-corrected chi connectivity index (χ1v) is 6.69. The SMILES string of the molecule is Cc1cnc(C(=O)OCC(=O)Nc2ccccc2C(F)(F)F)cn1. The van der Waals surface area contributed by atoms with Gasteiger partial charge in [-0.1, -0.05) is 12.1 Å². The highest BCUT2D eigenvalue weighted by Crippen LogP contribution is 2.34. The molecule has 0 bridgehead atoms. The molecule has 1 amide bonds. The summed E-state index contributed by atoms with van der Waals surface area (Å²) in [6.45, 7) is 0.925. The van der Waals surface area contributed by atoms with Crippen LogP contribution in [0.25, 0.3) is 0 Å². The lowest BCUT2D eigenvalue weighted by molar-refractivity contribution is -0.137. The minimum Gasteiger partial charge on any atom is -0.451 e. The van der Waals surface area contributed by atoms with Gasteiger partial charge in [-0.3, -0.25) is 9.78 Å². The number of para-hydroxylation sites is 1. The number of anilines is 1. The topological polar surface area (TPSA) is 81.2 Å². The predicted molar refractivity (Wildman–Crippen MR) is 77.1 cm³/mol. The summed E-state index contributed by atoms with van der Waals surface area (Å²) in [4.78, 5) is 31.0. The van der Waals surface area contributed by atoms with Crippen molar-refractivity contribution in [1.82, 2.24) is 9.97 Å². The van der Waals surface area contributed by atoms with Crippen molar-refractivity contribution in [3.05, 3.63) is 53.6 Å². The van der Waals surface area contributed by atoms with Crippen molar-refractivity contribution in [2.24, 2.45) is 0 Å². The zero-order chi connectivity index (χ0) is 17.7. The number of hydrogen-bond acceptors (Lipinski definition) is 5. The van der Waals surface area contributed by atoms with Crippen LogP contribution in [0, 0.1) is 6.92 Å². The Morgan fingerprint density at radius 2 is 1.88 bits per heavy atom. The normalized spacial score (nSPS) is 11.0. The molecular formula is C15H12F3N3O3. The number of ether oxygens (including phenoxy) is 1. The van der Waals surface area contributed by atoms with Crippen molar-refractivity contribution in [2.75, 3.05) is 11.9 Å². The molecule has 0 unspecified atom stereocenters. The zero-order valence-corrected chi connectivity index (χ0v) is 12.4. The summed E-state index contributed by atoms with van der Waals surface area (Å²) in [5.74, 6) is -1.80. The quantitative estimate of drug-likeness (QED) is 0.866. The van der Waals surface area contributed by atoms with Gasteiger partial charge in [-0.25, -0.2) is 9.78 Å². The Labute approximate surface area is 134 Å². The van der Waals surface area contributed by atoms with Gasteiger partial charge >= 0.3 is 12.1 Å². The summed E-state index contributed by atoms with van der Waals surface area (Å²) in [5, 5.41) is 2.06. The summed E-state index contributed by atoms with van der Waals surface area (Å²) < 4.78 is 43.1. The van der Waals surface area contributed by atoms with Gasteiger partial charge in [-0.05, 0) is 19.1 Å². The molecule has 24 heavy (non-hydrogen) atoms. The molecule has 0 aliphatic rings. The number of rotatable bonds is 4. The number of hydrogen-bond donors (Lipinski definition) is 1. The van der Waals surface area contributed by atoms with E-state index in [1.165, 1.54) is 24.5 Å². The fourth-order valence-corrected chi connectivity index (χ4v) is 1.73. The fourth-order valence-electron chi connectivity index (χ4n) is 1.73. The number of carbonyl (C=O) groups excluding carboxylic acids is 2. The molecule has 2 aromatic rings. The maximum absolute atomic E-state index is 12.8. The van der Waals surface area contributed by atoms with Crippen LogP contribution in [-0.2, 0) is 15.7 Å². The van der Waals surface area contributed by atoms with E-state index >= 15 is 0 Å². The van der Waals surface area contributed by atoms with E-state index in [1.807, 2.05) is 0 Å². The third kappa shape index (κ3) is 4.51.